The highest BCUT2D eigenvalue weighted by Crippen LogP contribution is 2.20. The number of hydrogen-bond donors (Lipinski definition) is 2. The molecule has 1 aliphatic rings. The van der Waals surface area contributed by atoms with Gasteiger partial charge < -0.3 is 24.8 Å². The smallest absolute Gasteiger partial charge is 0.409 e. The highest BCUT2D eigenvalue weighted by Gasteiger charge is 2.23. The van der Waals surface area contributed by atoms with E-state index in [1.807, 2.05) is 19.1 Å². The molecule has 2 heterocycles. The fourth-order valence-electron chi connectivity index (χ4n) is 3.21. The largest absolute Gasteiger partial charge is 0.453 e. The number of carbonyl (C=O) groups excluding carboxylic acids is 1. The number of aliphatic imine (C=N–C) groups is 1. The number of piperidine rings is 1. The Morgan fingerprint density at radius 2 is 2.20 bits per heavy atom. The Morgan fingerprint density at radius 3 is 2.90 bits per heavy atom. The summed E-state index contributed by atoms with van der Waals surface area (Å²) in [5.41, 5.74) is 0.814. The second-order valence-electron chi connectivity index (χ2n) is 6.91. The zero-order chi connectivity index (χ0) is 21.3. The molecule has 10 heteroatoms. The predicted octanol–water partition coefficient (Wildman–Crippen LogP) is 2.72. The van der Waals surface area contributed by atoms with Gasteiger partial charge in [-0.2, -0.15) is 4.98 Å². The third-order valence-electron chi connectivity index (χ3n) is 4.76. The first kappa shape index (κ1) is 21.9. The van der Waals surface area contributed by atoms with Crippen molar-refractivity contribution >= 4 is 23.7 Å². The van der Waals surface area contributed by atoms with Crippen LogP contribution in [0, 0.1) is 0 Å². The highest BCUT2D eigenvalue weighted by molar-refractivity contribution is 6.30. The maximum atomic E-state index is 11.6. The SMILES string of the molecule is CCNC(=NCCc1nc(-c2cccc(Cl)c2)no1)NC1CCN(C(=O)OC)CC1. The van der Waals surface area contributed by atoms with E-state index in [1.165, 1.54) is 7.11 Å². The Balaban J connectivity index is 1.51. The zero-order valence-corrected chi connectivity index (χ0v) is 18.0. The van der Waals surface area contributed by atoms with Gasteiger partial charge in [-0.15, -0.1) is 0 Å². The van der Waals surface area contributed by atoms with Gasteiger partial charge in [0.1, 0.15) is 0 Å². The van der Waals surface area contributed by atoms with E-state index in [2.05, 4.69) is 25.8 Å². The van der Waals surface area contributed by atoms with Gasteiger partial charge in [0.2, 0.25) is 11.7 Å². The first-order valence-electron chi connectivity index (χ1n) is 10.0. The van der Waals surface area contributed by atoms with Crippen molar-refractivity contribution in [3.63, 3.8) is 0 Å². The van der Waals surface area contributed by atoms with E-state index in [4.69, 9.17) is 20.9 Å². The second kappa shape index (κ2) is 10.8. The molecular formula is C20H27ClN6O3. The average Bonchev–Trinajstić information content (AvgIpc) is 3.23. The van der Waals surface area contributed by atoms with Crippen LogP contribution in [-0.2, 0) is 11.2 Å². The summed E-state index contributed by atoms with van der Waals surface area (Å²) in [5, 5.41) is 11.3. The summed E-state index contributed by atoms with van der Waals surface area (Å²) in [7, 11) is 1.41. The lowest BCUT2D eigenvalue weighted by molar-refractivity contribution is 0.111. The van der Waals surface area contributed by atoms with E-state index >= 15 is 0 Å². The van der Waals surface area contributed by atoms with E-state index in [-0.39, 0.29) is 12.1 Å². The lowest BCUT2D eigenvalue weighted by Gasteiger charge is -2.32. The number of nitrogens with zero attached hydrogens (tertiary/aromatic N) is 4. The Labute approximate surface area is 180 Å². The van der Waals surface area contributed by atoms with E-state index in [9.17, 15) is 4.79 Å². The molecule has 162 valence electrons. The monoisotopic (exact) mass is 434 g/mol. The van der Waals surface area contributed by atoms with Gasteiger partial charge in [0.05, 0.1) is 13.7 Å². The Hall–Kier alpha value is -2.81. The van der Waals surface area contributed by atoms with Gasteiger partial charge in [0.15, 0.2) is 5.96 Å². The van der Waals surface area contributed by atoms with Crippen LogP contribution in [0.25, 0.3) is 11.4 Å². The number of aromatic nitrogens is 2. The molecule has 0 atom stereocenters. The number of ether oxygens (including phenoxy) is 1. The van der Waals surface area contributed by atoms with Crippen LogP contribution in [0.2, 0.25) is 5.02 Å². The second-order valence-corrected chi connectivity index (χ2v) is 7.34. The molecule has 1 amide bonds. The molecule has 0 unspecified atom stereocenters. The van der Waals surface area contributed by atoms with Gasteiger partial charge in [0.25, 0.3) is 0 Å². The molecule has 3 rings (SSSR count). The van der Waals surface area contributed by atoms with Crippen LogP contribution in [0.15, 0.2) is 33.8 Å². The fraction of sp³-hybridized carbons (Fsp3) is 0.500. The van der Waals surface area contributed by atoms with Crippen molar-refractivity contribution in [2.75, 3.05) is 33.3 Å². The van der Waals surface area contributed by atoms with Crippen molar-refractivity contribution in [3.8, 4) is 11.4 Å². The molecule has 0 bridgehead atoms. The van der Waals surface area contributed by atoms with Crippen molar-refractivity contribution in [1.82, 2.24) is 25.7 Å². The molecule has 1 aliphatic heterocycles. The number of rotatable bonds is 6. The first-order chi connectivity index (χ1) is 14.6. The first-order valence-corrected chi connectivity index (χ1v) is 10.4. The maximum Gasteiger partial charge on any atom is 0.409 e. The van der Waals surface area contributed by atoms with Gasteiger partial charge in [0, 0.05) is 42.7 Å². The molecule has 9 nitrogen and oxygen atoms in total. The van der Waals surface area contributed by atoms with Crippen LogP contribution in [0.4, 0.5) is 4.79 Å². The minimum atomic E-state index is -0.272. The van der Waals surface area contributed by atoms with Gasteiger partial charge in [-0.25, -0.2) is 4.79 Å². The summed E-state index contributed by atoms with van der Waals surface area (Å²) in [5.74, 6) is 1.78. The van der Waals surface area contributed by atoms with E-state index in [0.29, 0.717) is 42.8 Å². The number of guanidine groups is 1. The summed E-state index contributed by atoms with van der Waals surface area (Å²) >= 11 is 6.02. The lowest BCUT2D eigenvalue weighted by Crippen LogP contribution is -2.49. The minimum absolute atomic E-state index is 0.251. The van der Waals surface area contributed by atoms with E-state index in [0.717, 1.165) is 30.9 Å². The predicted molar refractivity (Wildman–Crippen MR) is 115 cm³/mol. The summed E-state index contributed by atoms with van der Waals surface area (Å²) in [6.45, 7) is 4.61. The van der Waals surface area contributed by atoms with Crippen molar-refractivity contribution < 1.29 is 14.1 Å². The molecule has 2 N–H and O–H groups in total. The van der Waals surface area contributed by atoms with Crippen LogP contribution < -0.4 is 10.6 Å². The molecule has 2 aromatic rings. The molecular weight excluding hydrogens is 408 g/mol. The van der Waals surface area contributed by atoms with Crippen LogP contribution >= 0.6 is 11.6 Å². The summed E-state index contributed by atoms with van der Waals surface area (Å²) in [6, 6.07) is 7.59. The molecule has 1 aromatic heterocycles. The quantitative estimate of drug-likeness (QED) is 0.532. The van der Waals surface area contributed by atoms with Crippen molar-refractivity contribution in [2.45, 2.75) is 32.2 Å². The Morgan fingerprint density at radius 1 is 1.40 bits per heavy atom. The minimum Gasteiger partial charge on any atom is -0.453 e. The number of carbonyl (C=O) groups is 1. The van der Waals surface area contributed by atoms with Crippen molar-refractivity contribution in [3.05, 3.63) is 35.2 Å². The molecule has 0 saturated carbocycles. The molecule has 0 radical (unpaired) electrons. The molecule has 1 aromatic carbocycles. The molecule has 30 heavy (non-hydrogen) atoms. The van der Waals surface area contributed by atoms with Crippen molar-refractivity contribution in [2.24, 2.45) is 4.99 Å². The van der Waals surface area contributed by atoms with Gasteiger partial charge in [-0.3, -0.25) is 4.99 Å². The van der Waals surface area contributed by atoms with Crippen molar-refractivity contribution in [1.29, 1.82) is 0 Å². The number of nitrogens with one attached hydrogen (secondary N) is 2. The van der Waals surface area contributed by atoms with E-state index in [1.54, 1.807) is 17.0 Å². The molecule has 0 spiro atoms. The summed E-state index contributed by atoms with van der Waals surface area (Å²) in [4.78, 5) is 22.3. The summed E-state index contributed by atoms with van der Waals surface area (Å²) < 4.78 is 10.1. The molecule has 1 saturated heterocycles. The molecule has 1 fully saturated rings. The van der Waals surface area contributed by atoms with Crippen LogP contribution in [0.1, 0.15) is 25.7 Å². The summed E-state index contributed by atoms with van der Waals surface area (Å²) in [6.07, 6.45) is 1.94. The topological polar surface area (TPSA) is 105 Å². The number of benzene rings is 1. The number of amides is 1. The number of likely N-dealkylation sites (tertiary alicyclic amines) is 1. The Kier molecular flexibility index (Phi) is 7.89. The highest BCUT2D eigenvalue weighted by atomic mass is 35.5. The third kappa shape index (κ3) is 6.09. The van der Waals surface area contributed by atoms with Crippen LogP contribution in [0.5, 0.6) is 0 Å². The number of halogens is 1. The normalized spacial score (nSPS) is 15.2. The maximum absolute atomic E-state index is 11.6. The standard InChI is InChI=1S/C20H27ClN6O3/c1-3-22-19(24-16-8-11-27(12-9-16)20(28)29-2)23-10-7-17-25-18(26-30-17)14-5-4-6-15(21)13-14/h4-6,13,16H,3,7-12H2,1-2H3,(H2,22,23,24). The lowest BCUT2D eigenvalue weighted by atomic mass is 10.1. The number of hydrogen-bond acceptors (Lipinski definition) is 6. The van der Waals surface area contributed by atoms with Gasteiger partial charge in [-0.1, -0.05) is 28.9 Å². The zero-order valence-electron chi connectivity index (χ0n) is 17.2. The van der Waals surface area contributed by atoms with Gasteiger partial charge in [-0.05, 0) is 31.9 Å². The number of methoxy groups -OCH3 is 1. The van der Waals surface area contributed by atoms with E-state index < -0.39 is 0 Å². The van der Waals surface area contributed by atoms with Crippen LogP contribution in [-0.4, -0.2) is 66.4 Å². The third-order valence-corrected chi connectivity index (χ3v) is 4.99. The van der Waals surface area contributed by atoms with Gasteiger partial charge >= 0.3 is 6.09 Å². The van der Waals surface area contributed by atoms with Crippen LogP contribution in [0.3, 0.4) is 0 Å². The molecule has 0 aliphatic carbocycles. The Bertz CT molecular complexity index is 864. The fourth-order valence-corrected chi connectivity index (χ4v) is 3.40. The average molecular weight is 435 g/mol.